The summed E-state index contributed by atoms with van der Waals surface area (Å²) in [7, 11) is -3.28. The van der Waals surface area contributed by atoms with Gasteiger partial charge in [0.1, 0.15) is 0 Å². The molecule has 0 aromatic heterocycles. The van der Waals surface area contributed by atoms with Gasteiger partial charge >= 0.3 is 0 Å². The maximum Gasteiger partial charge on any atom is 0.216 e. The van der Waals surface area contributed by atoms with Crippen LogP contribution in [0.4, 0.5) is 0 Å². The fourth-order valence-electron chi connectivity index (χ4n) is 2.28. The first-order valence-electron chi connectivity index (χ1n) is 8.14. The van der Waals surface area contributed by atoms with E-state index in [2.05, 4.69) is 10.3 Å². The molecule has 0 unspecified atom stereocenters. The molecule has 0 aromatic carbocycles. The largest absolute Gasteiger partial charge is 0.394 e. The van der Waals surface area contributed by atoms with Crippen molar-refractivity contribution in [3.8, 4) is 0 Å². The molecule has 136 valence electrons. The van der Waals surface area contributed by atoms with Crippen LogP contribution in [0.2, 0.25) is 0 Å². The number of hydrogen-bond acceptors (Lipinski definition) is 5. The number of rotatable bonds is 8. The Balaban J connectivity index is 2.53. The van der Waals surface area contributed by atoms with Crippen molar-refractivity contribution in [1.29, 1.82) is 0 Å². The molecule has 0 amide bonds. The molecule has 0 saturated carbocycles. The zero-order chi connectivity index (χ0) is 17.3. The van der Waals surface area contributed by atoms with Crippen LogP contribution in [-0.4, -0.2) is 93.0 Å². The minimum Gasteiger partial charge on any atom is -0.394 e. The van der Waals surface area contributed by atoms with Gasteiger partial charge in [-0.25, -0.2) is 8.42 Å². The van der Waals surface area contributed by atoms with Crippen LogP contribution in [0.25, 0.3) is 0 Å². The van der Waals surface area contributed by atoms with Crippen molar-refractivity contribution in [2.75, 3.05) is 58.2 Å². The minimum atomic E-state index is -3.28. The number of hydrogen-bond donors (Lipinski definition) is 2. The Kier molecular flexibility index (Phi) is 8.82. The van der Waals surface area contributed by atoms with Gasteiger partial charge < -0.3 is 20.1 Å². The lowest BCUT2D eigenvalue weighted by atomic mass is 10.4. The number of nitrogens with zero attached hydrogens (tertiary/aromatic N) is 3. The zero-order valence-corrected chi connectivity index (χ0v) is 15.2. The van der Waals surface area contributed by atoms with E-state index in [4.69, 9.17) is 9.84 Å². The second-order valence-corrected chi connectivity index (χ2v) is 7.67. The van der Waals surface area contributed by atoms with Gasteiger partial charge in [-0.15, -0.1) is 0 Å². The van der Waals surface area contributed by atoms with E-state index in [1.54, 1.807) is 0 Å². The second-order valence-electron chi connectivity index (χ2n) is 5.58. The number of sulfonamides is 1. The summed E-state index contributed by atoms with van der Waals surface area (Å²) in [6.07, 6.45) is 0.0347. The van der Waals surface area contributed by atoms with Crippen LogP contribution in [0.15, 0.2) is 4.99 Å². The lowest BCUT2D eigenvalue weighted by Crippen LogP contribution is -2.54. The van der Waals surface area contributed by atoms with E-state index in [0.29, 0.717) is 32.7 Å². The maximum absolute atomic E-state index is 12.3. The third-order valence-electron chi connectivity index (χ3n) is 3.42. The molecule has 1 rings (SSSR count). The molecule has 8 nitrogen and oxygen atoms in total. The van der Waals surface area contributed by atoms with E-state index in [1.165, 1.54) is 4.31 Å². The van der Waals surface area contributed by atoms with E-state index in [0.717, 1.165) is 12.5 Å². The molecule has 1 aliphatic rings. The van der Waals surface area contributed by atoms with E-state index >= 15 is 0 Å². The molecule has 0 radical (unpaired) electrons. The van der Waals surface area contributed by atoms with Gasteiger partial charge in [-0.05, 0) is 20.8 Å². The average Bonchev–Trinajstić information content (AvgIpc) is 2.51. The second kappa shape index (κ2) is 10.1. The Bertz CT molecular complexity index is 459. The van der Waals surface area contributed by atoms with Gasteiger partial charge in [-0.2, -0.15) is 4.31 Å². The number of ether oxygens (including phenoxy) is 1. The van der Waals surface area contributed by atoms with E-state index < -0.39 is 10.0 Å². The van der Waals surface area contributed by atoms with Crippen LogP contribution in [0, 0.1) is 0 Å². The first kappa shape index (κ1) is 20.1. The summed E-state index contributed by atoms with van der Waals surface area (Å²) < 4.78 is 31.4. The lowest BCUT2D eigenvalue weighted by Gasteiger charge is -2.35. The Labute approximate surface area is 139 Å². The van der Waals surface area contributed by atoms with Crippen molar-refractivity contribution < 1.29 is 18.3 Å². The van der Waals surface area contributed by atoms with Gasteiger partial charge in [0, 0.05) is 32.7 Å². The van der Waals surface area contributed by atoms with E-state index in [-0.39, 0.29) is 25.1 Å². The topological polar surface area (TPSA) is 94.5 Å². The average molecular weight is 350 g/mol. The Morgan fingerprint density at radius 3 is 2.48 bits per heavy atom. The number of guanidine groups is 1. The third kappa shape index (κ3) is 7.03. The summed E-state index contributed by atoms with van der Waals surface area (Å²) in [6, 6.07) is 0. The molecule has 0 spiro atoms. The molecule has 0 atom stereocenters. The Morgan fingerprint density at radius 1 is 1.30 bits per heavy atom. The Morgan fingerprint density at radius 2 is 1.96 bits per heavy atom. The van der Waals surface area contributed by atoms with Crippen LogP contribution in [0.5, 0.6) is 0 Å². The SMILES string of the molecule is CCNC(=NCCO)N1CCN(S(=O)(=O)CCOC(C)C)CC1. The molecule has 0 aliphatic carbocycles. The highest BCUT2D eigenvalue weighted by Gasteiger charge is 2.27. The molecular weight excluding hydrogens is 320 g/mol. The molecule has 1 heterocycles. The van der Waals surface area contributed by atoms with Crippen LogP contribution in [-0.2, 0) is 14.8 Å². The molecule has 0 bridgehead atoms. The van der Waals surface area contributed by atoms with Crippen LogP contribution in [0.3, 0.4) is 0 Å². The fraction of sp³-hybridized carbons (Fsp3) is 0.929. The molecule has 1 saturated heterocycles. The maximum atomic E-state index is 12.3. The Hall–Kier alpha value is -0.900. The highest BCUT2D eigenvalue weighted by atomic mass is 32.2. The van der Waals surface area contributed by atoms with Crippen molar-refractivity contribution in [1.82, 2.24) is 14.5 Å². The predicted molar refractivity (Wildman–Crippen MR) is 91.1 cm³/mol. The summed E-state index contributed by atoms with van der Waals surface area (Å²) >= 11 is 0. The van der Waals surface area contributed by atoms with Crippen molar-refractivity contribution in [3.05, 3.63) is 0 Å². The smallest absolute Gasteiger partial charge is 0.216 e. The molecule has 9 heteroatoms. The zero-order valence-electron chi connectivity index (χ0n) is 14.4. The number of piperazine rings is 1. The minimum absolute atomic E-state index is 0.000903. The molecule has 0 aromatic rings. The van der Waals surface area contributed by atoms with Crippen molar-refractivity contribution in [2.24, 2.45) is 4.99 Å². The molecular formula is C14H30N4O4S. The lowest BCUT2D eigenvalue weighted by molar-refractivity contribution is 0.0904. The molecule has 1 fully saturated rings. The van der Waals surface area contributed by atoms with Gasteiger partial charge in [0.05, 0.1) is 31.6 Å². The quantitative estimate of drug-likeness (QED) is 0.445. The van der Waals surface area contributed by atoms with Crippen molar-refractivity contribution >= 4 is 16.0 Å². The first-order valence-corrected chi connectivity index (χ1v) is 9.75. The fourth-order valence-corrected chi connectivity index (χ4v) is 3.56. The van der Waals surface area contributed by atoms with E-state index in [1.807, 2.05) is 25.7 Å². The van der Waals surface area contributed by atoms with Gasteiger partial charge in [-0.3, -0.25) is 4.99 Å². The summed E-state index contributed by atoms with van der Waals surface area (Å²) in [5, 5.41) is 12.1. The number of aliphatic hydroxyl groups is 1. The summed E-state index contributed by atoms with van der Waals surface area (Å²) in [5.41, 5.74) is 0. The van der Waals surface area contributed by atoms with Gasteiger partial charge in [-0.1, -0.05) is 0 Å². The van der Waals surface area contributed by atoms with Crippen LogP contribution in [0.1, 0.15) is 20.8 Å². The van der Waals surface area contributed by atoms with Crippen molar-refractivity contribution in [2.45, 2.75) is 26.9 Å². The van der Waals surface area contributed by atoms with Crippen LogP contribution >= 0.6 is 0 Å². The van der Waals surface area contributed by atoms with Crippen molar-refractivity contribution in [3.63, 3.8) is 0 Å². The summed E-state index contributed by atoms with van der Waals surface area (Å²) in [6.45, 7) is 9.09. The van der Waals surface area contributed by atoms with Gasteiger partial charge in [0.15, 0.2) is 5.96 Å². The monoisotopic (exact) mass is 350 g/mol. The first-order chi connectivity index (χ1) is 10.9. The highest BCUT2D eigenvalue weighted by molar-refractivity contribution is 7.89. The highest BCUT2D eigenvalue weighted by Crippen LogP contribution is 2.09. The normalized spacial score (nSPS) is 17.8. The summed E-state index contributed by atoms with van der Waals surface area (Å²) in [5.74, 6) is 0.742. The van der Waals surface area contributed by atoms with E-state index in [9.17, 15) is 8.42 Å². The third-order valence-corrected chi connectivity index (χ3v) is 5.26. The summed E-state index contributed by atoms with van der Waals surface area (Å²) in [4.78, 5) is 6.33. The van der Waals surface area contributed by atoms with Gasteiger partial charge in [0.2, 0.25) is 10.0 Å². The molecule has 1 aliphatic heterocycles. The molecule has 23 heavy (non-hydrogen) atoms. The van der Waals surface area contributed by atoms with Crippen LogP contribution < -0.4 is 5.32 Å². The van der Waals surface area contributed by atoms with Gasteiger partial charge in [0.25, 0.3) is 0 Å². The predicted octanol–water partition coefficient (Wildman–Crippen LogP) is -0.683. The standard InChI is InChI=1S/C14H30N4O4S/c1-4-15-14(16-5-10-19)17-6-8-18(9-7-17)23(20,21)12-11-22-13(2)3/h13,19H,4-12H2,1-3H3,(H,15,16). The number of aliphatic hydroxyl groups excluding tert-OH is 1. The molecule has 2 N–H and O–H groups in total. The number of nitrogens with one attached hydrogen (secondary N) is 1. The number of aliphatic imine (C=N–C) groups is 1.